The van der Waals surface area contributed by atoms with Crippen molar-refractivity contribution in [1.82, 2.24) is 4.90 Å². The Morgan fingerprint density at radius 3 is 2.53 bits per heavy atom. The van der Waals surface area contributed by atoms with Gasteiger partial charge in [-0.15, -0.1) is 0 Å². The topological polar surface area (TPSA) is 29.5 Å². The molecule has 0 aliphatic carbocycles. The molecule has 2 unspecified atom stereocenters. The van der Waals surface area contributed by atoms with Crippen molar-refractivity contribution in [3.8, 4) is 0 Å². The maximum atomic E-state index is 12.4. The van der Waals surface area contributed by atoms with Crippen molar-refractivity contribution in [2.45, 2.75) is 31.6 Å². The second kappa shape index (κ2) is 8.23. The van der Waals surface area contributed by atoms with E-state index in [0.29, 0.717) is 19.6 Å². The van der Waals surface area contributed by atoms with Gasteiger partial charge in [-0.1, -0.05) is 30.3 Å². The van der Waals surface area contributed by atoms with E-state index in [9.17, 15) is 4.79 Å². The van der Waals surface area contributed by atoms with Gasteiger partial charge in [0.1, 0.15) is 0 Å². The second-order valence-electron chi connectivity index (χ2n) is 4.63. The van der Waals surface area contributed by atoms with Crippen molar-refractivity contribution in [2.75, 3.05) is 20.3 Å². The van der Waals surface area contributed by atoms with Gasteiger partial charge in [-0.3, -0.25) is 4.79 Å². The van der Waals surface area contributed by atoms with Crippen LogP contribution < -0.4 is 0 Å². The molecule has 0 N–H and O–H groups in total. The lowest BCUT2D eigenvalue weighted by atomic mass is 10.1. The smallest absolute Gasteiger partial charge is 0.236 e. The molecule has 3 nitrogen and oxygen atoms in total. The molecule has 0 heterocycles. The summed E-state index contributed by atoms with van der Waals surface area (Å²) in [6, 6.07) is 10.0. The lowest BCUT2D eigenvalue weighted by molar-refractivity contribution is -0.133. The molecule has 1 aromatic carbocycles. The lowest BCUT2D eigenvalue weighted by Crippen LogP contribution is -2.45. The first-order valence-corrected chi connectivity index (χ1v) is 7.13. The third-order valence-corrected chi connectivity index (χ3v) is 3.52. The molecular formula is C15H23NO2S. The minimum atomic E-state index is -0.304. The molecule has 1 amide bonds. The van der Waals surface area contributed by atoms with Gasteiger partial charge in [-0.05, 0) is 25.8 Å². The van der Waals surface area contributed by atoms with Crippen molar-refractivity contribution in [1.29, 1.82) is 0 Å². The first kappa shape index (κ1) is 16.1. The van der Waals surface area contributed by atoms with Crippen LogP contribution in [0.4, 0.5) is 0 Å². The molecule has 19 heavy (non-hydrogen) atoms. The van der Waals surface area contributed by atoms with Crippen molar-refractivity contribution in [3.05, 3.63) is 35.9 Å². The SMILES string of the molecule is CCN(C(=O)C(S)Cc1ccccc1)C(C)COC. The monoisotopic (exact) mass is 281 g/mol. The van der Waals surface area contributed by atoms with Crippen LogP contribution in [-0.4, -0.2) is 42.4 Å². The Hall–Kier alpha value is -1.00. The van der Waals surface area contributed by atoms with E-state index >= 15 is 0 Å². The molecule has 4 heteroatoms. The number of ether oxygens (including phenoxy) is 1. The molecule has 1 rings (SSSR count). The van der Waals surface area contributed by atoms with E-state index in [2.05, 4.69) is 12.6 Å². The Morgan fingerprint density at radius 2 is 2.00 bits per heavy atom. The van der Waals surface area contributed by atoms with Crippen molar-refractivity contribution in [3.63, 3.8) is 0 Å². The normalized spacial score (nSPS) is 13.9. The highest BCUT2D eigenvalue weighted by atomic mass is 32.1. The average Bonchev–Trinajstić information content (AvgIpc) is 2.40. The Morgan fingerprint density at radius 1 is 1.37 bits per heavy atom. The van der Waals surface area contributed by atoms with Gasteiger partial charge in [0.05, 0.1) is 17.9 Å². The highest BCUT2D eigenvalue weighted by molar-refractivity contribution is 7.81. The molecule has 106 valence electrons. The number of amides is 1. The Labute approximate surface area is 121 Å². The first-order valence-electron chi connectivity index (χ1n) is 6.61. The summed E-state index contributed by atoms with van der Waals surface area (Å²) in [5.41, 5.74) is 1.13. The summed E-state index contributed by atoms with van der Waals surface area (Å²) in [6.45, 7) is 5.20. The van der Waals surface area contributed by atoms with Gasteiger partial charge < -0.3 is 9.64 Å². The zero-order chi connectivity index (χ0) is 14.3. The summed E-state index contributed by atoms with van der Waals surface area (Å²) in [5.74, 6) is 0.0687. The van der Waals surface area contributed by atoms with Crippen LogP contribution in [0.25, 0.3) is 0 Å². The minimum Gasteiger partial charge on any atom is -0.383 e. The predicted molar refractivity (Wildman–Crippen MR) is 81.6 cm³/mol. The predicted octanol–water partition coefficient (Wildman–Crippen LogP) is 2.41. The van der Waals surface area contributed by atoms with E-state index in [1.807, 2.05) is 49.1 Å². The third-order valence-electron chi connectivity index (χ3n) is 3.12. The Kier molecular flexibility index (Phi) is 6.95. The van der Waals surface area contributed by atoms with Gasteiger partial charge in [0, 0.05) is 13.7 Å². The summed E-state index contributed by atoms with van der Waals surface area (Å²) in [4.78, 5) is 14.2. The summed E-state index contributed by atoms with van der Waals surface area (Å²) in [5, 5.41) is -0.304. The molecule has 0 saturated heterocycles. The zero-order valence-corrected chi connectivity index (χ0v) is 12.8. The van der Waals surface area contributed by atoms with Crippen LogP contribution >= 0.6 is 12.6 Å². The largest absolute Gasteiger partial charge is 0.383 e. The maximum absolute atomic E-state index is 12.4. The molecule has 0 spiro atoms. The fourth-order valence-electron chi connectivity index (χ4n) is 2.13. The number of rotatable bonds is 7. The molecule has 0 aliphatic heterocycles. The van der Waals surface area contributed by atoms with Crippen molar-refractivity contribution in [2.24, 2.45) is 0 Å². The number of thiol groups is 1. The van der Waals surface area contributed by atoms with E-state index in [1.165, 1.54) is 0 Å². The number of carbonyl (C=O) groups excluding carboxylic acids is 1. The highest BCUT2D eigenvalue weighted by Gasteiger charge is 2.24. The number of benzene rings is 1. The molecular weight excluding hydrogens is 258 g/mol. The van der Waals surface area contributed by atoms with Crippen molar-refractivity contribution < 1.29 is 9.53 Å². The molecule has 0 bridgehead atoms. The van der Waals surface area contributed by atoms with Crippen LogP contribution in [0.5, 0.6) is 0 Å². The van der Waals surface area contributed by atoms with E-state index in [0.717, 1.165) is 5.56 Å². The maximum Gasteiger partial charge on any atom is 0.236 e. The third kappa shape index (κ3) is 4.88. The molecule has 0 radical (unpaired) electrons. The van der Waals surface area contributed by atoms with E-state index < -0.39 is 0 Å². The fourth-order valence-corrected chi connectivity index (χ4v) is 2.49. The summed E-state index contributed by atoms with van der Waals surface area (Å²) in [6.07, 6.45) is 0.652. The number of hydrogen-bond acceptors (Lipinski definition) is 3. The number of likely N-dealkylation sites (N-methyl/N-ethyl adjacent to an activating group) is 1. The van der Waals surface area contributed by atoms with Gasteiger partial charge in [0.2, 0.25) is 5.91 Å². The number of nitrogens with zero attached hydrogens (tertiary/aromatic N) is 1. The van der Waals surface area contributed by atoms with Gasteiger partial charge >= 0.3 is 0 Å². The lowest BCUT2D eigenvalue weighted by Gasteiger charge is -2.29. The van der Waals surface area contributed by atoms with Gasteiger partial charge in [-0.25, -0.2) is 0 Å². The Bertz CT molecular complexity index is 383. The standard InChI is InChI=1S/C15H23NO2S/c1-4-16(12(2)11-18-3)15(17)14(19)10-13-8-6-5-7-9-13/h5-9,12,14,19H,4,10-11H2,1-3H3. The molecule has 0 aromatic heterocycles. The minimum absolute atomic E-state index is 0.0687. The van der Waals surface area contributed by atoms with Crippen LogP contribution in [0.2, 0.25) is 0 Å². The van der Waals surface area contributed by atoms with Crippen LogP contribution in [-0.2, 0) is 16.0 Å². The quantitative estimate of drug-likeness (QED) is 0.778. The summed E-state index contributed by atoms with van der Waals surface area (Å²) >= 11 is 4.46. The van der Waals surface area contributed by atoms with Gasteiger partial charge in [-0.2, -0.15) is 12.6 Å². The molecule has 0 saturated carbocycles. The van der Waals surface area contributed by atoms with E-state index in [4.69, 9.17) is 4.74 Å². The Balaban J connectivity index is 2.64. The second-order valence-corrected chi connectivity index (χ2v) is 5.26. The molecule has 1 aromatic rings. The van der Waals surface area contributed by atoms with Crippen LogP contribution in [0, 0.1) is 0 Å². The first-order chi connectivity index (χ1) is 9.10. The molecule has 0 fully saturated rings. The van der Waals surface area contributed by atoms with Crippen LogP contribution in [0.15, 0.2) is 30.3 Å². The fraction of sp³-hybridized carbons (Fsp3) is 0.533. The molecule has 0 aliphatic rings. The number of methoxy groups -OCH3 is 1. The summed E-state index contributed by atoms with van der Waals surface area (Å²) in [7, 11) is 1.65. The van der Waals surface area contributed by atoms with Gasteiger partial charge in [0.15, 0.2) is 0 Å². The highest BCUT2D eigenvalue weighted by Crippen LogP contribution is 2.12. The van der Waals surface area contributed by atoms with E-state index in [-0.39, 0.29) is 17.2 Å². The number of hydrogen-bond donors (Lipinski definition) is 1. The zero-order valence-electron chi connectivity index (χ0n) is 11.9. The van der Waals surface area contributed by atoms with Crippen molar-refractivity contribution >= 4 is 18.5 Å². The van der Waals surface area contributed by atoms with E-state index in [1.54, 1.807) is 7.11 Å². The van der Waals surface area contributed by atoms with Gasteiger partial charge in [0.25, 0.3) is 0 Å². The number of carbonyl (C=O) groups is 1. The molecule has 2 atom stereocenters. The average molecular weight is 281 g/mol. The van der Waals surface area contributed by atoms with Crippen LogP contribution in [0.3, 0.4) is 0 Å². The summed E-state index contributed by atoms with van der Waals surface area (Å²) < 4.78 is 5.12. The van der Waals surface area contributed by atoms with Crippen LogP contribution in [0.1, 0.15) is 19.4 Å².